The summed E-state index contributed by atoms with van der Waals surface area (Å²) in [6, 6.07) is 16.1. The maximum Gasteiger partial charge on any atom is 0.335 e. The minimum atomic E-state index is -1.05. The first-order valence-corrected chi connectivity index (χ1v) is 9.24. The van der Waals surface area contributed by atoms with Crippen LogP contribution in [0.4, 0.5) is 0 Å². The Balaban J connectivity index is 1.94. The van der Waals surface area contributed by atoms with Crippen LogP contribution < -0.4 is 0 Å². The first kappa shape index (κ1) is 18.9. The van der Waals surface area contributed by atoms with Crippen LogP contribution in [0.5, 0.6) is 0 Å². The number of halogens is 1. The number of ether oxygens (including phenoxy) is 1. The molecule has 0 radical (unpaired) electrons. The summed E-state index contributed by atoms with van der Waals surface area (Å²) in [5.41, 5.74) is 1.23. The number of methoxy groups -OCH3 is 1. The molecule has 0 N–H and O–H groups in total. The molecule has 1 atom stereocenters. The summed E-state index contributed by atoms with van der Waals surface area (Å²) in [4.78, 5) is 40.2. The van der Waals surface area contributed by atoms with Crippen LogP contribution in [0.25, 0.3) is 10.8 Å². The monoisotopic (exact) mass is 405 g/mol. The predicted molar refractivity (Wildman–Crippen MR) is 110 cm³/mol. The molecular formula is C23H16ClNO4. The predicted octanol–water partition coefficient (Wildman–Crippen LogP) is 4.56. The third-order valence-corrected chi connectivity index (χ3v) is 5.24. The third-order valence-electron chi connectivity index (χ3n) is 5.00. The van der Waals surface area contributed by atoms with E-state index in [2.05, 4.69) is 6.58 Å². The van der Waals surface area contributed by atoms with E-state index in [4.69, 9.17) is 16.3 Å². The molecule has 2 amide bonds. The van der Waals surface area contributed by atoms with Crippen molar-refractivity contribution >= 4 is 40.2 Å². The van der Waals surface area contributed by atoms with Gasteiger partial charge in [0.15, 0.2) is 0 Å². The lowest BCUT2D eigenvalue weighted by molar-refractivity contribution is -0.136. The SMILES string of the molecule is C=C(C(=O)OC)[C@@H](c1cccc(Cl)c1)N1C(=O)c2cccc3cccc(c23)C1=O. The summed E-state index contributed by atoms with van der Waals surface area (Å²) in [6.45, 7) is 3.82. The quantitative estimate of drug-likeness (QED) is 0.362. The molecule has 0 aliphatic carbocycles. The molecule has 144 valence electrons. The van der Waals surface area contributed by atoms with Gasteiger partial charge in [0, 0.05) is 21.5 Å². The molecule has 6 heteroatoms. The Kier molecular flexibility index (Phi) is 4.68. The summed E-state index contributed by atoms with van der Waals surface area (Å²) < 4.78 is 4.81. The first-order valence-electron chi connectivity index (χ1n) is 8.86. The van der Waals surface area contributed by atoms with Gasteiger partial charge in [-0.3, -0.25) is 14.5 Å². The fourth-order valence-electron chi connectivity index (χ4n) is 3.71. The van der Waals surface area contributed by atoms with Crippen LogP contribution >= 0.6 is 11.6 Å². The Morgan fingerprint density at radius 3 is 2.14 bits per heavy atom. The van der Waals surface area contributed by atoms with Crippen molar-refractivity contribution < 1.29 is 19.1 Å². The zero-order chi connectivity index (χ0) is 20.7. The van der Waals surface area contributed by atoms with E-state index in [9.17, 15) is 14.4 Å². The van der Waals surface area contributed by atoms with Crippen LogP contribution in [-0.2, 0) is 9.53 Å². The van der Waals surface area contributed by atoms with Gasteiger partial charge in [-0.2, -0.15) is 0 Å². The molecule has 1 aliphatic heterocycles. The lowest BCUT2D eigenvalue weighted by atomic mass is 9.90. The van der Waals surface area contributed by atoms with Gasteiger partial charge >= 0.3 is 5.97 Å². The molecule has 1 heterocycles. The third kappa shape index (κ3) is 3.00. The number of carbonyl (C=O) groups excluding carboxylic acids is 3. The summed E-state index contributed by atoms with van der Waals surface area (Å²) in [7, 11) is 1.22. The maximum atomic E-state index is 13.4. The summed E-state index contributed by atoms with van der Waals surface area (Å²) in [6.07, 6.45) is 0. The number of imide groups is 1. The van der Waals surface area contributed by atoms with Crippen LogP contribution in [0.15, 0.2) is 72.8 Å². The number of benzene rings is 3. The van der Waals surface area contributed by atoms with Crippen molar-refractivity contribution in [3.8, 4) is 0 Å². The van der Waals surface area contributed by atoms with Crippen LogP contribution in [0.1, 0.15) is 32.3 Å². The van der Waals surface area contributed by atoms with Crippen molar-refractivity contribution in [1.82, 2.24) is 4.90 Å². The van der Waals surface area contributed by atoms with E-state index < -0.39 is 23.8 Å². The topological polar surface area (TPSA) is 63.7 Å². The zero-order valence-corrected chi connectivity index (χ0v) is 16.3. The number of carbonyl (C=O) groups is 3. The fraction of sp³-hybridized carbons (Fsp3) is 0.0870. The Labute approximate surface area is 172 Å². The van der Waals surface area contributed by atoms with E-state index in [1.165, 1.54) is 7.11 Å². The molecule has 3 aromatic carbocycles. The second kappa shape index (κ2) is 7.18. The van der Waals surface area contributed by atoms with Crippen LogP contribution in [0.2, 0.25) is 5.02 Å². The number of amides is 2. The lowest BCUT2D eigenvalue weighted by Gasteiger charge is -2.34. The largest absolute Gasteiger partial charge is 0.466 e. The highest BCUT2D eigenvalue weighted by molar-refractivity contribution is 6.30. The molecule has 29 heavy (non-hydrogen) atoms. The van der Waals surface area contributed by atoms with E-state index in [-0.39, 0.29) is 5.57 Å². The Hall–Kier alpha value is -3.44. The number of nitrogens with zero attached hydrogens (tertiary/aromatic N) is 1. The van der Waals surface area contributed by atoms with Gasteiger partial charge in [0.2, 0.25) is 0 Å². The van der Waals surface area contributed by atoms with E-state index in [1.54, 1.807) is 48.5 Å². The van der Waals surface area contributed by atoms with Crippen molar-refractivity contribution in [2.45, 2.75) is 6.04 Å². The molecule has 0 spiro atoms. The van der Waals surface area contributed by atoms with Gasteiger partial charge in [0.1, 0.15) is 0 Å². The Morgan fingerprint density at radius 1 is 1.00 bits per heavy atom. The summed E-state index contributed by atoms with van der Waals surface area (Å²) >= 11 is 6.13. The fourth-order valence-corrected chi connectivity index (χ4v) is 3.91. The van der Waals surface area contributed by atoms with Gasteiger partial charge in [-0.25, -0.2) is 4.79 Å². The zero-order valence-electron chi connectivity index (χ0n) is 15.5. The van der Waals surface area contributed by atoms with Crippen molar-refractivity contribution in [3.63, 3.8) is 0 Å². The minimum absolute atomic E-state index is 0.0389. The van der Waals surface area contributed by atoms with E-state index in [0.717, 1.165) is 10.3 Å². The molecule has 1 aliphatic rings. The lowest BCUT2D eigenvalue weighted by Crippen LogP contribution is -2.44. The number of esters is 1. The molecular weight excluding hydrogens is 390 g/mol. The van der Waals surface area contributed by atoms with Gasteiger partial charge in [-0.15, -0.1) is 0 Å². The minimum Gasteiger partial charge on any atom is -0.466 e. The number of hydrogen-bond acceptors (Lipinski definition) is 4. The molecule has 0 saturated carbocycles. The molecule has 0 bridgehead atoms. The molecule has 4 rings (SSSR count). The number of hydrogen-bond donors (Lipinski definition) is 0. The van der Waals surface area contributed by atoms with Gasteiger partial charge < -0.3 is 4.74 Å². The molecule has 0 unspecified atom stereocenters. The molecule has 5 nitrogen and oxygen atoms in total. The average Bonchev–Trinajstić information content (AvgIpc) is 2.73. The second-order valence-corrected chi connectivity index (χ2v) is 7.10. The molecule has 0 aromatic heterocycles. The standard InChI is InChI=1S/C23H16ClNO4/c1-13(23(28)29-2)20(15-8-3-9-16(24)12-15)25-21(26)17-10-4-6-14-7-5-11-18(19(14)17)22(25)27/h3-12,20H,1H2,2H3/t20-/m0/s1. The average molecular weight is 406 g/mol. The normalized spacial score (nSPS) is 14.1. The summed E-state index contributed by atoms with van der Waals surface area (Å²) in [5.74, 6) is -1.73. The van der Waals surface area contributed by atoms with Gasteiger partial charge in [-0.05, 0) is 35.2 Å². The highest BCUT2D eigenvalue weighted by atomic mass is 35.5. The van der Waals surface area contributed by atoms with Crippen LogP contribution in [0.3, 0.4) is 0 Å². The van der Waals surface area contributed by atoms with E-state index >= 15 is 0 Å². The molecule has 0 fully saturated rings. The smallest absolute Gasteiger partial charge is 0.335 e. The van der Waals surface area contributed by atoms with Crippen molar-refractivity contribution in [3.05, 3.63) is 94.5 Å². The van der Waals surface area contributed by atoms with Crippen molar-refractivity contribution in [1.29, 1.82) is 0 Å². The summed E-state index contributed by atoms with van der Waals surface area (Å²) in [5, 5.41) is 1.81. The molecule has 0 saturated heterocycles. The number of rotatable bonds is 4. The Bertz CT molecular complexity index is 1150. The van der Waals surface area contributed by atoms with Crippen molar-refractivity contribution in [2.75, 3.05) is 7.11 Å². The van der Waals surface area contributed by atoms with Gasteiger partial charge in [0.25, 0.3) is 11.8 Å². The highest BCUT2D eigenvalue weighted by Gasteiger charge is 2.40. The van der Waals surface area contributed by atoms with Crippen molar-refractivity contribution in [2.24, 2.45) is 0 Å². The van der Waals surface area contributed by atoms with Crippen LogP contribution in [0, 0.1) is 0 Å². The highest BCUT2D eigenvalue weighted by Crippen LogP contribution is 2.38. The maximum absolute atomic E-state index is 13.4. The van der Waals surface area contributed by atoms with E-state index in [1.807, 2.05) is 12.1 Å². The molecule has 3 aromatic rings. The van der Waals surface area contributed by atoms with E-state index in [0.29, 0.717) is 27.1 Å². The Morgan fingerprint density at radius 2 is 1.59 bits per heavy atom. The second-order valence-electron chi connectivity index (χ2n) is 6.66. The van der Waals surface area contributed by atoms with Gasteiger partial charge in [0.05, 0.1) is 18.7 Å². The van der Waals surface area contributed by atoms with Gasteiger partial charge in [-0.1, -0.05) is 54.6 Å². The van der Waals surface area contributed by atoms with Crippen LogP contribution in [-0.4, -0.2) is 29.8 Å². The first-order chi connectivity index (χ1) is 13.9.